The van der Waals surface area contributed by atoms with Crippen molar-refractivity contribution in [2.75, 3.05) is 5.75 Å². The van der Waals surface area contributed by atoms with Crippen LogP contribution in [0.3, 0.4) is 0 Å². The Morgan fingerprint density at radius 3 is 3.00 bits per heavy atom. The molecule has 4 nitrogen and oxygen atoms in total. The summed E-state index contributed by atoms with van der Waals surface area (Å²) in [4.78, 5) is 0. The molecule has 5 heteroatoms. The van der Waals surface area contributed by atoms with Crippen LogP contribution in [0.1, 0.15) is 24.7 Å². The molecule has 0 saturated heterocycles. The predicted octanol–water partition coefficient (Wildman–Crippen LogP) is 0.371. The van der Waals surface area contributed by atoms with Crippen molar-refractivity contribution in [2.45, 2.75) is 13.0 Å². The van der Waals surface area contributed by atoms with Crippen LogP contribution < -0.4 is 5.73 Å². The van der Waals surface area contributed by atoms with Crippen LogP contribution in [0.25, 0.3) is 0 Å². The van der Waals surface area contributed by atoms with E-state index < -0.39 is 0 Å². The monoisotopic (exact) mass is 183 g/mol. The molecule has 0 radical (unpaired) electrons. The van der Waals surface area contributed by atoms with Crippen molar-refractivity contribution in [1.82, 2.24) is 10.2 Å². The highest BCUT2D eigenvalue weighted by Gasteiger charge is 2.10. The van der Waals surface area contributed by atoms with Crippen LogP contribution in [0.5, 0.6) is 0 Å². The lowest BCUT2D eigenvalue weighted by Crippen LogP contribution is -2.11. The first kappa shape index (κ1) is 9.10. The summed E-state index contributed by atoms with van der Waals surface area (Å²) < 4.78 is 5.11. The zero-order valence-corrected chi connectivity index (χ0v) is 7.51. The number of hydrogen-bond acceptors (Lipinski definition) is 5. The largest absolute Gasteiger partial charge is 0.413 e. The van der Waals surface area contributed by atoms with Crippen LogP contribution in [0, 0.1) is 11.8 Å². The number of nitrogens with zero attached hydrogens (tertiary/aromatic N) is 2. The highest BCUT2D eigenvalue weighted by molar-refractivity contribution is 7.80. The van der Waals surface area contributed by atoms with Crippen LogP contribution in [0.15, 0.2) is 4.42 Å². The van der Waals surface area contributed by atoms with Crippen molar-refractivity contribution in [3.63, 3.8) is 0 Å². The molecule has 0 aliphatic rings. The second kappa shape index (κ2) is 4.14. The smallest absolute Gasteiger partial charge is 0.293 e. The van der Waals surface area contributed by atoms with Gasteiger partial charge >= 0.3 is 0 Å². The molecule has 0 aromatic carbocycles. The number of rotatable bonds is 2. The second-order valence-electron chi connectivity index (χ2n) is 2.11. The SMILES string of the molecule is CC#Cc1nnc([C@@H](N)CS)o1. The summed E-state index contributed by atoms with van der Waals surface area (Å²) >= 11 is 4.00. The zero-order chi connectivity index (χ0) is 8.97. The normalized spacial score (nSPS) is 11.9. The molecule has 0 fully saturated rings. The topological polar surface area (TPSA) is 64.9 Å². The van der Waals surface area contributed by atoms with E-state index in [1.807, 2.05) is 0 Å². The third kappa shape index (κ3) is 2.00. The Balaban J connectivity index is 2.81. The lowest BCUT2D eigenvalue weighted by Gasteiger charge is -1.98. The lowest BCUT2D eigenvalue weighted by molar-refractivity contribution is 0.457. The molecule has 0 aliphatic heterocycles. The van der Waals surface area contributed by atoms with Gasteiger partial charge in [0.2, 0.25) is 5.89 Å². The van der Waals surface area contributed by atoms with E-state index >= 15 is 0 Å². The fourth-order valence-corrected chi connectivity index (χ4v) is 0.776. The Bertz CT molecular complexity index is 312. The van der Waals surface area contributed by atoms with Crippen LogP contribution in [-0.4, -0.2) is 16.0 Å². The quantitative estimate of drug-likeness (QED) is 0.513. The van der Waals surface area contributed by atoms with E-state index in [4.69, 9.17) is 10.2 Å². The first-order chi connectivity index (χ1) is 5.77. The van der Waals surface area contributed by atoms with Gasteiger partial charge in [0, 0.05) is 5.75 Å². The Labute approximate surface area is 76.0 Å². The average Bonchev–Trinajstić information content (AvgIpc) is 2.52. The first-order valence-corrected chi connectivity index (χ1v) is 4.03. The highest BCUT2D eigenvalue weighted by Crippen LogP contribution is 2.08. The average molecular weight is 183 g/mol. The van der Waals surface area contributed by atoms with Gasteiger partial charge in [0.05, 0.1) is 6.04 Å². The van der Waals surface area contributed by atoms with E-state index in [1.54, 1.807) is 6.92 Å². The van der Waals surface area contributed by atoms with Gasteiger partial charge in [0.25, 0.3) is 5.89 Å². The lowest BCUT2D eigenvalue weighted by atomic mass is 10.4. The van der Waals surface area contributed by atoms with Gasteiger partial charge < -0.3 is 10.2 Å². The van der Waals surface area contributed by atoms with Gasteiger partial charge in [-0.3, -0.25) is 0 Å². The van der Waals surface area contributed by atoms with Crippen molar-refractivity contribution in [2.24, 2.45) is 5.73 Å². The molecule has 0 amide bonds. The molecule has 1 aromatic heterocycles. The Hall–Kier alpha value is -0.990. The minimum atomic E-state index is -0.312. The molecular formula is C7H9N3OS. The molecule has 0 bridgehead atoms. The molecule has 1 aromatic rings. The molecule has 64 valence electrons. The first-order valence-electron chi connectivity index (χ1n) is 3.40. The molecule has 1 atom stereocenters. The maximum Gasteiger partial charge on any atom is 0.293 e. The van der Waals surface area contributed by atoms with Crippen LogP contribution >= 0.6 is 12.6 Å². The molecule has 2 N–H and O–H groups in total. The fraction of sp³-hybridized carbons (Fsp3) is 0.429. The maximum absolute atomic E-state index is 5.58. The van der Waals surface area contributed by atoms with Gasteiger partial charge in [-0.15, -0.1) is 5.10 Å². The van der Waals surface area contributed by atoms with E-state index in [-0.39, 0.29) is 6.04 Å². The second-order valence-corrected chi connectivity index (χ2v) is 2.47. The Morgan fingerprint density at radius 1 is 1.67 bits per heavy atom. The molecule has 0 aliphatic carbocycles. The molecule has 0 spiro atoms. The third-order valence-corrected chi connectivity index (χ3v) is 1.58. The summed E-state index contributed by atoms with van der Waals surface area (Å²) in [7, 11) is 0. The van der Waals surface area contributed by atoms with Crippen molar-refractivity contribution < 1.29 is 4.42 Å². The molecule has 1 rings (SSSR count). The molecule has 0 unspecified atom stereocenters. The number of nitrogens with two attached hydrogens (primary N) is 1. The summed E-state index contributed by atoms with van der Waals surface area (Å²) in [6, 6.07) is -0.312. The van der Waals surface area contributed by atoms with Crippen molar-refractivity contribution >= 4 is 12.6 Å². The van der Waals surface area contributed by atoms with Gasteiger partial charge in [-0.1, -0.05) is 11.0 Å². The maximum atomic E-state index is 5.58. The van der Waals surface area contributed by atoms with Crippen molar-refractivity contribution in [3.8, 4) is 11.8 Å². The van der Waals surface area contributed by atoms with E-state index in [0.29, 0.717) is 17.5 Å². The van der Waals surface area contributed by atoms with Crippen molar-refractivity contribution in [3.05, 3.63) is 11.8 Å². The Morgan fingerprint density at radius 2 is 2.42 bits per heavy atom. The van der Waals surface area contributed by atoms with E-state index in [0.717, 1.165) is 0 Å². The van der Waals surface area contributed by atoms with Gasteiger partial charge in [0.1, 0.15) is 0 Å². The zero-order valence-electron chi connectivity index (χ0n) is 6.61. The number of aromatic nitrogens is 2. The van der Waals surface area contributed by atoms with Crippen LogP contribution in [-0.2, 0) is 0 Å². The van der Waals surface area contributed by atoms with Gasteiger partial charge in [-0.2, -0.15) is 12.6 Å². The summed E-state index contributed by atoms with van der Waals surface area (Å²) in [5, 5.41) is 7.38. The summed E-state index contributed by atoms with van der Waals surface area (Å²) in [6.45, 7) is 1.70. The molecular weight excluding hydrogens is 174 g/mol. The van der Waals surface area contributed by atoms with E-state index in [9.17, 15) is 0 Å². The molecule has 12 heavy (non-hydrogen) atoms. The van der Waals surface area contributed by atoms with Gasteiger partial charge in [-0.25, -0.2) is 0 Å². The molecule has 1 heterocycles. The highest BCUT2D eigenvalue weighted by atomic mass is 32.1. The van der Waals surface area contributed by atoms with Gasteiger partial charge in [0.15, 0.2) is 0 Å². The third-order valence-electron chi connectivity index (χ3n) is 1.19. The van der Waals surface area contributed by atoms with Crippen LogP contribution in [0.4, 0.5) is 0 Å². The molecule has 0 saturated carbocycles. The summed E-state index contributed by atoms with van der Waals surface area (Å²) in [5.74, 6) is 6.43. The minimum absolute atomic E-state index is 0.296. The van der Waals surface area contributed by atoms with Crippen molar-refractivity contribution in [1.29, 1.82) is 0 Å². The predicted molar refractivity (Wildman–Crippen MR) is 47.6 cm³/mol. The summed E-state index contributed by atoms with van der Waals surface area (Å²) in [6.07, 6.45) is 0. The minimum Gasteiger partial charge on any atom is -0.413 e. The van der Waals surface area contributed by atoms with E-state index in [2.05, 4.69) is 34.7 Å². The van der Waals surface area contributed by atoms with E-state index in [1.165, 1.54) is 0 Å². The Kier molecular flexibility index (Phi) is 3.14. The summed E-state index contributed by atoms with van der Waals surface area (Å²) in [5.41, 5.74) is 5.58. The standard InChI is InChI=1S/C7H9N3OS/c1-2-3-6-9-10-7(11-6)5(8)4-12/h5,12H,4,8H2,1H3/t5-/m0/s1. The van der Waals surface area contributed by atoms with Crippen LogP contribution in [0.2, 0.25) is 0 Å². The fourth-order valence-electron chi connectivity index (χ4n) is 0.620. The number of thiol groups is 1. The number of hydrogen-bond donors (Lipinski definition) is 2. The van der Waals surface area contributed by atoms with Gasteiger partial charge in [-0.05, 0) is 12.8 Å².